The second kappa shape index (κ2) is 5.17. The molecule has 0 bridgehead atoms. The minimum Gasteiger partial charge on any atom is -0.241 e. The monoisotopic (exact) mass is 339 g/mol. The summed E-state index contributed by atoms with van der Waals surface area (Å²) in [7, 11) is -7.85. The lowest BCUT2D eigenvalue weighted by Gasteiger charge is -2.13. The van der Waals surface area contributed by atoms with E-state index < -0.39 is 26.4 Å². The number of sulfonamides is 1. The molecule has 8 heteroatoms. The van der Waals surface area contributed by atoms with Crippen LogP contribution in [0.5, 0.6) is 0 Å². The summed E-state index contributed by atoms with van der Waals surface area (Å²) in [6.07, 6.45) is -1.26. The summed E-state index contributed by atoms with van der Waals surface area (Å²) in [5.74, 6) is 0. The Morgan fingerprint density at radius 3 is 2.41 bits per heavy atom. The summed E-state index contributed by atoms with van der Waals surface area (Å²) in [6.45, 7) is 1.64. The number of benzene rings is 2. The molecule has 1 aliphatic rings. The highest BCUT2D eigenvalue weighted by atomic mass is 32.2. The predicted molar refractivity (Wildman–Crippen MR) is 79.0 cm³/mol. The van der Waals surface area contributed by atoms with Crippen LogP contribution in [0.25, 0.3) is 0 Å². The molecule has 2 aromatic carbocycles. The van der Waals surface area contributed by atoms with Gasteiger partial charge in [-0.2, -0.15) is 13.1 Å². The van der Waals surface area contributed by atoms with E-state index in [0.29, 0.717) is 5.56 Å². The number of hydrogen-bond donors (Lipinski definition) is 1. The Hall–Kier alpha value is -1.74. The molecule has 0 saturated heterocycles. The molecular formula is C14H13NO5S2. The van der Waals surface area contributed by atoms with Gasteiger partial charge in [-0.3, -0.25) is 0 Å². The van der Waals surface area contributed by atoms with Crippen molar-refractivity contribution in [1.82, 2.24) is 4.72 Å². The van der Waals surface area contributed by atoms with E-state index in [1.165, 1.54) is 18.2 Å². The van der Waals surface area contributed by atoms with Crippen LogP contribution in [0.3, 0.4) is 0 Å². The first-order valence-corrected chi connectivity index (χ1v) is 9.30. The van der Waals surface area contributed by atoms with Gasteiger partial charge in [0, 0.05) is 5.56 Å². The van der Waals surface area contributed by atoms with Gasteiger partial charge >= 0.3 is 0 Å². The van der Waals surface area contributed by atoms with Gasteiger partial charge in [0.2, 0.25) is 10.0 Å². The van der Waals surface area contributed by atoms with Gasteiger partial charge in [-0.1, -0.05) is 36.4 Å². The van der Waals surface area contributed by atoms with Crippen molar-refractivity contribution >= 4 is 20.1 Å². The minimum absolute atomic E-state index is 0.0126. The normalized spacial score (nSPS) is 19.8. The molecule has 1 heterocycles. The summed E-state index contributed by atoms with van der Waals surface area (Å²) in [4.78, 5) is 0.0403. The van der Waals surface area contributed by atoms with Crippen molar-refractivity contribution < 1.29 is 21.0 Å². The SMILES string of the molecule is Cc1ccccc1S(=O)(=O)OC1NS(=O)(=O)c2ccccc21. The molecule has 1 atom stereocenters. The first kappa shape index (κ1) is 15.2. The second-order valence-corrected chi connectivity index (χ2v) is 8.08. The van der Waals surface area contributed by atoms with E-state index in [1.54, 1.807) is 37.3 Å². The van der Waals surface area contributed by atoms with Crippen LogP contribution in [-0.2, 0) is 24.3 Å². The highest BCUT2D eigenvalue weighted by Crippen LogP contribution is 2.33. The second-order valence-electron chi connectivity index (χ2n) is 4.86. The Kier molecular flexibility index (Phi) is 3.56. The number of nitrogens with one attached hydrogen (secondary N) is 1. The van der Waals surface area contributed by atoms with Crippen LogP contribution in [0.2, 0.25) is 0 Å². The zero-order chi connectivity index (χ0) is 16.0. The van der Waals surface area contributed by atoms with E-state index in [9.17, 15) is 16.8 Å². The predicted octanol–water partition coefficient (Wildman–Crippen LogP) is 1.69. The van der Waals surface area contributed by atoms with Crippen LogP contribution in [-0.4, -0.2) is 16.8 Å². The molecule has 1 aliphatic heterocycles. The Labute approximate surface area is 128 Å². The maximum atomic E-state index is 12.4. The van der Waals surface area contributed by atoms with Crippen LogP contribution < -0.4 is 4.72 Å². The third-order valence-electron chi connectivity index (χ3n) is 3.34. The Morgan fingerprint density at radius 2 is 1.68 bits per heavy atom. The Balaban J connectivity index is 2.00. The van der Waals surface area contributed by atoms with Crippen molar-refractivity contribution in [3.8, 4) is 0 Å². The van der Waals surface area contributed by atoms with Gasteiger partial charge in [0.25, 0.3) is 10.1 Å². The molecule has 116 valence electrons. The standard InChI is InChI=1S/C14H13NO5S2/c1-10-6-2-4-8-12(10)22(18,19)20-14-11-7-3-5-9-13(11)21(16,17)15-14/h2-9,14-15H,1H3. The topological polar surface area (TPSA) is 89.5 Å². The van der Waals surface area contributed by atoms with Crippen LogP contribution in [0.4, 0.5) is 0 Å². The van der Waals surface area contributed by atoms with Crippen molar-refractivity contribution in [3.05, 3.63) is 59.7 Å². The highest BCUT2D eigenvalue weighted by Gasteiger charge is 2.37. The van der Waals surface area contributed by atoms with E-state index in [1.807, 2.05) is 0 Å². The number of fused-ring (bicyclic) bond motifs is 1. The van der Waals surface area contributed by atoms with Gasteiger partial charge in [-0.05, 0) is 24.6 Å². The van der Waals surface area contributed by atoms with Crippen molar-refractivity contribution in [2.24, 2.45) is 0 Å². The molecule has 22 heavy (non-hydrogen) atoms. The minimum atomic E-state index is -4.09. The van der Waals surface area contributed by atoms with Crippen LogP contribution in [0, 0.1) is 6.92 Å². The molecule has 0 aromatic heterocycles. The number of rotatable bonds is 3. The van der Waals surface area contributed by atoms with Crippen LogP contribution in [0.1, 0.15) is 17.4 Å². The highest BCUT2D eigenvalue weighted by molar-refractivity contribution is 7.90. The van der Waals surface area contributed by atoms with Gasteiger partial charge in [-0.15, -0.1) is 0 Å². The van der Waals surface area contributed by atoms with Crippen LogP contribution in [0.15, 0.2) is 58.3 Å². The fraction of sp³-hybridized carbons (Fsp3) is 0.143. The van der Waals surface area contributed by atoms with E-state index >= 15 is 0 Å². The first-order chi connectivity index (χ1) is 10.3. The Bertz CT molecular complexity index is 935. The quantitative estimate of drug-likeness (QED) is 0.860. The van der Waals surface area contributed by atoms with Crippen LogP contribution >= 0.6 is 0 Å². The zero-order valence-corrected chi connectivity index (χ0v) is 13.2. The fourth-order valence-corrected chi connectivity index (χ4v) is 4.90. The van der Waals surface area contributed by atoms with Crippen molar-refractivity contribution in [2.75, 3.05) is 0 Å². The summed E-state index contributed by atoms with van der Waals surface area (Å²) >= 11 is 0. The molecule has 0 spiro atoms. The number of hydrogen-bond acceptors (Lipinski definition) is 5. The fourth-order valence-electron chi connectivity index (χ4n) is 2.30. The third kappa shape index (κ3) is 2.54. The number of aryl methyl sites for hydroxylation is 1. The first-order valence-electron chi connectivity index (χ1n) is 6.41. The lowest BCUT2D eigenvalue weighted by Crippen LogP contribution is -2.24. The molecule has 0 fully saturated rings. The summed E-state index contributed by atoms with van der Waals surface area (Å²) in [5.41, 5.74) is 0.802. The average Bonchev–Trinajstić information content (AvgIpc) is 2.70. The lowest BCUT2D eigenvalue weighted by atomic mass is 10.2. The average molecular weight is 339 g/mol. The van der Waals surface area contributed by atoms with Gasteiger partial charge in [0.15, 0.2) is 6.23 Å². The lowest BCUT2D eigenvalue weighted by molar-refractivity contribution is 0.206. The zero-order valence-electron chi connectivity index (χ0n) is 11.6. The van der Waals surface area contributed by atoms with Gasteiger partial charge < -0.3 is 0 Å². The molecule has 1 unspecified atom stereocenters. The summed E-state index contributed by atoms with van der Waals surface area (Å²) in [6, 6.07) is 12.5. The maximum absolute atomic E-state index is 12.4. The molecule has 1 N–H and O–H groups in total. The molecule has 0 amide bonds. The molecule has 2 aromatic rings. The smallest absolute Gasteiger partial charge is 0.241 e. The molecule has 0 aliphatic carbocycles. The van der Waals surface area contributed by atoms with Gasteiger partial charge in [0.05, 0.1) is 9.79 Å². The Morgan fingerprint density at radius 1 is 1.05 bits per heavy atom. The molecule has 0 radical (unpaired) electrons. The van der Waals surface area contributed by atoms with Crippen molar-refractivity contribution in [1.29, 1.82) is 0 Å². The van der Waals surface area contributed by atoms with Crippen molar-refractivity contribution in [3.63, 3.8) is 0 Å². The molecule has 3 rings (SSSR count). The molecular weight excluding hydrogens is 326 g/mol. The molecule has 6 nitrogen and oxygen atoms in total. The third-order valence-corrected chi connectivity index (χ3v) is 6.26. The van der Waals surface area contributed by atoms with Gasteiger partial charge in [0.1, 0.15) is 0 Å². The van der Waals surface area contributed by atoms with E-state index in [4.69, 9.17) is 4.18 Å². The van der Waals surface area contributed by atoms with Crippen molar-refractivity contribution in [2.45, 2.75) is 22.9 Å². The molecule has 0 saturated carbocycles. The van der Waals surface area contributed by atoms with E-state index in [0.717, 1.165) is 0 Å². The maximum Gasteiger partial charge on any atom is 0.299 e. The van der Waals surface area contributed by atoms with E-state index in [-0.39, 0.29) is 15.4 Å². The van der Waals surface area contributed by atoms with Gasteiger partial charge in [-0.25, -0.2) is 12.6 Å². The summed E-state index contributed by atoms with van der Waals surface area (Å²) in [5, 5.41) is 0. The summed E-state index contributed by atoms with van der Waals surface area (Å²) < 4.78 is 56.0. The largest absolute Gasteiger partial charge is 0.299 e. The van der Waals surface area contributed by atoms with E-state index in [2.05, 4.69) is 4.72 Å².